The van der Waals surface area contributed by atoms with Crippen LogP contribution < -0.4 is 11.1 Å². The van der Waals surface area contributed by atoms with Gasteiger partial charge in [0.15, 0.2) is 0 Å². The number of rotatable bonds is 4. The van der Waals surface area contributed by atoms with Gasteiger partial charge in [0.25, 0.3) is 0 Å². The van der Waals surface area contributed by atoms with E-state index >= 15 is 0 Å². The Morgan fingerprint density at radius 3 is 2.38 bits per heavy atom. The van der Waals surface area contributed by atoms with Gasteiger partial charge in [-0.2, -0.15) is 0 Å². The molecule has 3 N–H and O–H groups in total. The van der Waals surface area contributed by atoms with Crippen LogP contribution in [0.5, 0.6) is 0 Å². The van der Waals surface area contributed by atoms with Crippen molar-refractivity contribution in [3.63, 3.8) is 0 Å². The minimum Gasteiger partial charge on any atom is -0.353 e. The molecule has 0 aromatic heterocycles. The first-order valence-corrected chi connectivity index (χ1v) is 6.79. The number of amides is 1. The highest BCUT2D eigenvalue weighted by Gasteiger charge is 2.21. The van der Waals surface area contributed by atoms with E-state index in [4.69, 9.17) is 5.73 Å². The summed E-state index contributed by atoms with van der Waals surface area (Å²) in [6.45, 7) is 0. The van der Waals surface area contributed by atoms with Crippen molar-refractivity contribution in [1.82, 2.24) is 5.32 Å². The molecule has 0 aliphatic heterocycles. The van der Waals surface area contributed by atoms with E-state index in [0.29, 0.717) is 12.1 Å². The van der Waals surface area contributed by atoms with E-state index in [2.05, 4.69) is 5.32 Å². The summed E-state index contributed by atoms with van der Waals surface area (Å²) in [5.74, 6) is 1.10. The lowest BCUT2D eigenvalue weighted by atomic mass is 9.82. The monoisotopic (exact) mass is 224 g/mol. The van der Waals surface area contributed by atoms with Gasteiger partial charge in [0.2, 0.25) is 5.91 Å². The zero-order chi connectivity index (χ0) is 11.4. The molecular formula is C13H24N2O. The summed E-state index contributed by atoms with van der Waals surface area (Å²) in [5, 5.41) is 3.15. The third kappa shape index (κ3) is 3.48. The summed E-state index contributed by atoms with van der Waals surface area (Å²) in [6.07, 6.45) is 10.1. The molecule has 2 aliphatic rings. The van der Waals surface area contributed by atoms with Crippen LogP contribution in [0.1, 0.15) is 57.8 Å². The molecule has 0 atom stereocenters. The molecule has 2 saturated carbocycles. The molecule has 92 valence electrons. The number of nitrogens with two attached hydrogens (primary N) is 1. The van der Waals surface area contributed by atoms with Crippen LogP contribution in [0.15, 0.2) is 0 Å². The Bertz CT molecular complexity index is 230. The van der Waals surface area contributed by atoms with Crippen LogP contribution in [-0.4, -0.2) is 18.0 Å². The van der Waals surface area contributed by atoms with E-state index in [0.717, 1.165) is 44.4 Å². The van der Waals surface area contributed by atoms with Gasteiger partial charge in [-0.1, -0.05) is 19.3 Å². The molecular weight excluding hydrogens is 200 g/mol. The van der Waals surface area contributed by atoms with Crippen molar-refractivity contribution in [2.45, 2.75) is 69.9 Å². The van der Waals surface area contributed by atoms with E-state index in [1.54, 1.807) is 0 Å². The third-order valence-electron chi connectivity index (χ3n) is 4.14. The number of carbonyl (C=O) groups is 1. The van der Waals surface area contributed by atoms with E-state index in [1.165, 1.54) is 19.3 Å². The van der Waals surface area contributed by atoms with Gasteiger partial charge in [0.1, 0.15) is 0 Å². The van der Waals surface area contributed by atoms with Gasteiger partial charge in [-0.05, 0) is 38.0 Å². The highest BCUT2D eigenvalue weighted by molar-refractivity contribution is 5.76. The second-order valence-electron chi connectivity index (χ2n) is 5.51. The maximum atomic E-state index is 11.7. The Morgan fingerprint density at radius 1 is 1.12 bits per heavy atom. The minimum absolute atomic E-state index is 0.257. The highest BCUT2D eigenvalue weighted by atomic mass is 16.1. The lowest BCUT2D eigenvalue weighted by Gasteiger charge is -2.28. The maximum absolute atomic E-state index is 11.7. The standard InChI is InChI=1S/C13H24N2O/c14-11-5-7-12(8-6-11)15-13(16)9-4-10-2-1-3-10/h10-12H,1-9,14H2,(H,15,16). The molecule has 0 aromatic carbocycles. The van der Waals surface area contributed by atoms with E-state index < -0.39 is 0 Å². The first-order valence-electron chi connectivity index (χ1n) is 6.79. The van der Waals surface area contributed by atoms with Crippen molar-refractivity contribution in [2.24, 2.45) is 11.7 Å². The lowest BCUT2D eigenvalue weighted by Crippen LogP contribution is -2.40. The fourth-order valence-corrected chi connectivity index (χ4v) is 2.68. The molecule has 0 radical (unpaired) electrons. The fraction of sp³-hybridized carbons (Fsp3) is 0.923. The Kier molecular flexibility index (Phi) is 4.22. The number of hydrogen-bond donors (Lipinski definition) is 2. The average molecular weight is 224 g/mol. The average Bonchev–Trinajstić information content (AvgIpc) is 2.19. The van der Waals surface area contributed by atoms with Crippen molar-refractivity contribution in [3.05, 3.63) is 0 Å². The predicted molar refractivity (Wildman–Crippen MR) is 64.9 cm³/mol. The molecule has 0 unspecified atom stereocenters. The summed E-state index contributed by atoms with van der Waals surface area (Å²) >= 11 is 0. The van der Waals surface area contributed by atoms with E-state index in [9.17, 15) is 4.79 Å². The van der Waals surface area contributed by atoms with Crippen LogP contribution >= 0.6 is 0 Å². The molecule has 0 bridgehead atoms. The summed E-state index contributed by atoms with van der Waals surface area (Å²) in [6, 6.07) is 0.761. The second-order valence-corrected chi connectivity index (χ2v) is 5.51. The highest BCUT2D eigenvalue weighted by Crippen LogP contribution is 2.30. The van der Waals surface area contributed by atoms with Crippen LogP contribution in [0.3, 0.4) is 0 Å². The first-order chi connectivity index (χ1) is 7.74. The van der Waals surface area contributed by atoms with Crippen molar-refractivity contribution < 1.29 is 4.79 Å². The normalized spacial score (nSPS) is 30.8. The molecule has 1 amide bonds. The van der Waals surface area contributed by atoms with Gasteiger partial charge in [0.05, 0.1) is 0 Å². The zero-order valence-corrected chi connectivity index (χ0v) is 10.1. The van der Waals surface area contributed by atoms with Gasteiger partial charge in [0, 0.05) is 18.5 Å². The van der Waals surface area contributed by atoms with Crippen molar-refractivity contribution in [2.75, 3.05) is 0 Å². The number of hydrogen-bond acceptors (Lipinski definition) is 2. The minimum atomic E-state index is 0.257. The largest absolute Gasteiger partial charge is 0.353 e. The SMILES string of the molecule is NC1CCC(NC(=O)CCC2CCC2)CC1. The number of nitrogens with one attached hydrogen (secondary N) is 1. The molecule has 3 heteroatoms. The van der Waals surface area contributed by atoms with E-state index in [-0.39, 0.29) is 5.91 Å². The molecule has 16 heavy (non-hydrogen) atoms. The summed E-state index contributed by atoms with van der Waals surface area (Å²) < 4.78 is 0. The Hall–Kier alpha value is -0.570. The van der Waals surface area contributed by atoms with Gasteiger partial charge < -0.3 is 11.1 Å². The van der Waals surface area contributed by atoms with Crippen molar-refractivity contribution in [1.29, 1.82) is 0 Å². The summed E-state index contributed by atoms with van der Waals surface area (Å²) in [7, 11) is 0. The molecule has 2 fully saturated rings. The van der Waals surface area contributed by atoms with Gasteiger partial charge in [-0.3, -0.25) is 4.79 Å². The molecule has 2 rings (SSSR count). The van der Waals surface area contributed by atoms with Gasteiger partial charge in [-0.15, -0.1) is 0 Å². The lowest BCUT2D eigenvalue weighted by molar-refractivity contribution is -0.122. The smallest absolute Gasteiger partial charge is 0.220 e. The van der Waals surface area contributed by atoms with Crippen LogP contribution in [0, 0.1) is 5.92 Å². The Labute approximate surface area is 98.2 Å². The van der Waals surface area contributed by atoms with Crippen LogP contribution in [0.25, 0.3) is 0 Å². The second kappa shape index (κ2) is 5.67. The molecule has 0 saturated heterocycles. The molecule has 0 spiro atoms. The predicted octanol–water partition coefficient (Wildman–Crippen LogP) is 1.95. The number of carbonyl (C=O) groups excluding carboxylic acids is 1. The molecule has 0 aromatic rings. The van der Waals surface area contributed by atoms with Crippen molar-refractivity contribution in [3.8, 4) is 0 Å². The van der Waals surface area contributed by atoms with Gasteiger partial charge >= 0.3 is 0 Å². The van der Waals surface area contributed by atoms with Crippen molar-refractivity contribution >= 4 is 5.91 Å². The van der Waals surface area contributed by atoms with E-state index in [1.807, 2.05) is 0 Å². The molecule has 3 nitrogen and oxygen atoms in total. The molecule has 0 heterocycles. The maximum Gasteiger partial charge on any atom is 0.220 e. The summed E-state index contributed by atoms with van der Waals surface area (Å²) in [5.41, 5.74) is 5.84. The molecule has 2 aliphatic carbocycles. The Morgan fingerprint density at radius 2 is 1.81 bits per heavy atom. The van der Waals surface area contributed by atoms with Crippen LogP contribution in [0.4, 0.5) is 0 Å². The quantitative estimate of drug-likeness (QED) is 0.767. The van der Waals surface area contributed by atoms with Crippen LogP contribution in [0.2, 0.25) is 0 Å². The first kappa shape index (κ1) is 11.9. The topological polar surface area (TPSA) is 55.1 Å². The third-order valence-corrected chi connectivity index (χ3v) is 4.14. The van der Waals surface area contributed by atoms with Gasteiger partial charge in [-0.25, -0.2) is 0 Å². The fourth-order valence-electron chi connectivity index (χ4n) is 2.68. The Balaban J connectivity index is 1.58. The van der Waals surface area contributed by atoms with Crippen LogP contribution in [-0.2, 0) is 4.79 Å². The zero-order valence-electron chi connectivity index (χ0n) is 10.1. The summed E-state index contributed by atoms with van der Waals surface area (Å²) in [4.78, 5) is 11.7.